The Labute approximate surface area is 216 Å². The van der Waals surface area contributed by atoms with Crippen LogP contribution in [0.5, 0.6) is 5.75 Å². The molecule has 0 radical (unpaired) electrons. The average molecular weight is 544 g/mol. The summed E-state index contributed by atoms with van der Waals surface area (Å²) in [5.41, 5.74) is 1.45. The quantitative estimate of drug-likeness (QED) is 0.346. The van der Waals surface area contributed by atoms with Gasteiger partial charge in [0.25, 0.3) is 5.91 Å². The van der Waals surface area contributed by atoms with Crippen LogP contribution in [0.25, 0.3) is 16.9 Å². The predicted octanol–water partition coefficient (Wildman–Crippen LogP) is 2.57. The van der Waals surface area contributed by atoms with Crippen molar-refractivity contribution >= 4 is 32.7 Å². The molecule has 0 saturated carbocycles. The van der Waals surface area contributed by atoms with Crippen LogP contribution in [-0.2, 0) is 9.84 Å². The molecule has 2 aromatic heterocycles. The molecule has 2 aromatic carbocycles. The summed E-state index contributed by atoms with van der Waals surface area (Å²) in [5.74, 6) is -2.97. The number of anilines is 1. The Morgan fingerprint density at radius 1 is 1.03 bits per heavy atom. The van der Waals surface area contributed by atoms with Crippen LogP contribution < -0.4 is 9.64 Å². The van der Waals surface area contributed by atoms with Gasteiger partial charge < -0.3 is 14.5 Å². The molecular formula is C24H23F2N7O4S. The predicted molar refractivity (Wildman–Crippen MR) is 133 cm³/mol. The number of halogens is 2. The minimum absolute atomic E-state index is 0.223. The van der Waals surface area contributed by atoms with Crippen molar-refractivity contribution < 1.29 is 26.7 Å². The summed E-state index contributed by atoms with van der Waals surface area (Å²) in [4.78, 5) is 24.5. The third kappa shape index (κ3) is 4.62. The first-order chi connectivity index (χ1) is 18.3. The third-order valence-corrected chi connectivity index (χ3v) is 7.57. The van der Waals surface area contributed by atoms with E-state index < -0.39 is 26.4 Å². The second-order valence-electron chi connectivity index (χ2n) is 8.38. The molecule has 4 aromatic rings. The second kappa shape index (κ2) is 10.3. The van der Waals surface area contributed by atoms with E-state index in [4.69, 9.17) is 4.74 Å². The van der Waals surface area contributed by atoms with E-state index in [0.29, 0.717) is 36.7 Å². The molecule has 1 aliphatic rings. The number of sulfone groups is 1. The zero-order chi connectivity index (χ0) is 26.9. The Balaban J connectivity index is 1.35. The molecule has 0 atom stereocenters. The number of benzene rings is 2. The lowest BCUT2D eigenvalue weighted by molar-refractivity contribution is 0.0742. The summed E-state index contributed by atoms with van der Waals surface area (Å²) in [6, 6.07) is 12.4. The van der Waals surface area contributed by atoms with Crippen molar-refractivity contribution in [2.75, 3.05) is 37.7 Å². The van der Waals surface area contributed by atoms with Crippen LogP contribution in [0.4, 0.5) is 14.6 Å². The molecule has 0 unspecified atom stereocenters. The van der Waals surface area contributed by atoms with Gasteiger partial charge in [0.2, 0.25) is 9.84 Å². The number of piperazine rings is 1. The van der Waals surface area contributed by atoms with Gasteiger partial charge in [0.1, 0.15) is 12.1 Å². The van der Waals surface area contributed by atoms with E-state index >= 15 is 0 Å². The van der Waals surface area contributed by atoms with Gasteiger partial charge in [-0.1, -0.05) is 17.3 Å². The zero-order valence-corrected chi connectivity index (χ0v) is 21.1. The fourth-order valence-electron chi connectivity index (χ4n) is 4.27. The maximum Gasteiger partial charge on any atom is 0.341 e. The average Bonchev–Trinajstić information content (AvgIpc) is 3.38. The molecule has 0 N–H and O–H groups in total. The number of hydrogen-bond donors (Lipinski definition) is 0. The summed E-state index contributed by atoms with van der Waals surface area (Å²) in [6.45, 7) is 3.63. The standard InChI is InChI=1S/C24H23F2N7O4S/c1-2-37-17-9-7-16(8-10-17)33-22-20(29-30-33)21(27-15-28-22)31-11-13-32(14-12-31)23(34)18-5-3-4-6-19(18)38(35,36)24(25)26/h3-10,15,24H,2,11-14H2,1H3. The van der Waals surface area contributed by atoms with Gasteiger partial charge in [-0.15, -0.1) is 5.10 Å². The van der Waals surface area contributed by atoms with E-state index in [0.717, 1.165) is 17.5 Å². The van der Waals surface area contributed by atoms with Gasteiger partial charge in [-0.3, -0.25) is 4.79 Å². The number of amides is 1. The van der Waals surface area contributed by atoms with Crippen molar-refractivity contribution in [3.8, 4) is 11.4 Å². The lowest BCUT2D eigenvalue weighted by atomic mass is 10.2. The maximum atomic E-state index is 13.2. The van der Waals surface area contributed by atoms with Gasteiger partial charge in [0.05, 0.1) is 22.8 Å². The van der Waals surface area contributed by atoms with E-state index in [9.17, 15) is 22.0 Å². The number of carbonyl (C=O) groups is 1. The minimum atomic E-state index is -4.93. The molecule has 0 aliphatic carbocycles. The highest BCUT2D eigenvalue weighted by Gasteiger charge is 2.33. The molecular weight excluding hydrogens is 520 g/mol. The van der Waals surface area contributed by atoms with Gasteiger partial charge in [-0.25, -0.2) is 18.4 Å². The normalized spacial score (nSPS) is 14.3. The second-order valence-corrected chi connectivity index (χ2v) is 10.3. The lowest BCUT2D eigenvalue weighted by Crippen LogP contribution is -2.49. The first kappa shape index (κ1) is 25.4. The number of nitrogens with zero attached hydrogens (tertiary/aromatic N) is 7. The molecule has 38 heavy (non-hydrogen) atoms. The van der Waals surface area contributed by atoms with E-state index in [1.54, 1.807) is 4.68 Å². The van der Waals surface area contributed by atoms with Crippen LogP contribution >= 0.6 is 0 Å². The van der Waals surface area contributed by atoms with E-state index in [1.807, 2.05) is 36.1 Å². The number of carbonyl (C=O) groups excluding carboxylic acids is 1. The van der Waals surface area contributed by atoms with E-state index in [-0.39, 0.29) is 18.7 Å². The van der Waals surface area contributed by atoms with Crippen molar-refractivity contribution in [2.24, 2.45) is 0 Å². The highest BCUT2D eigenvalue weighted by atomic mass is 32.2. The highest BCUT2D eigenvalue weighted by molar-refractivity contribution is 7.91. The van der Waals surface area contributed by atoms with Crippen molar-refractivity contribution in [2.45, 2.75) is 17.6 Å². The van der Waals surface area contributed by atoms with Gasteiger partial charge in [0, 0.05) is 26.2 Å². The largest absolute Gasteiger partial charge is 0.494 e. The van der Waals surface area contributed by atoms with Crippen LogP contribution in [0.3, 0.4) is 0 Å². The molecule has 0 spiro atoms. The number of aromatic nitrogens is 5. The van der Waals surface area contributed by atoms with Crippen molar-refractivity contribution in [3.63, 3.8) is 0 Å². The summed E-state index contributed by atoms with van der Waals surface area (Å²) in [5, 5.41) is 8.52. The summed E-state index contributed by atoms with van der Waals surface area (Å²) in [7, 11) is -4.93. The Kier molecular flexibility index (Phi) is 6.89. The first-order valence-electron chi connectivity index (χ1n) is 11.8. The van der Waals surface area contributed by atoms with Crippen LogP contribution in [0, 0.1) is 0 Å². The molecule has 11 nitrogen and oxygen atoms in total. The molecule has 1 amide bonds. The van der Waals surface area contributed by atoms with Gasteiger partial charge in [0.15, 0.2) is 17.0 Å². The third-order valence-electron chi connectivity index (χ3n) is 6.14. The fraction of sp³-hybridized carbons (Fsp3) is 0.292. The number of fused-ring (bicyclic) bond motifs is 1. The summed E-state index contributed by atoms with van der Waals surface area (Å²) in [6.07, 6.45) is 1.41. The van der Waals surface area contributed by atoms with E-state index in [2.05, 4.69) is 20.3 Å². The van der Waals surface area contributed by atoms with Gasteiger partial charge in [-0.2, -0.15) is 13.5 Å². The van der Waals surface area contributed by atoms with Crippen LogP contribution in [-0.4, -0.2) is 82.7 Å². The van der Waals surface area contributed by atoms with Gasteiger partial charge >= 0.3 is 5.76 Å². The highest BCUT2D eigenvalue weighted by Crippen LogP contribution is 2.27. The number of rotatable bonds is 7. The molecule has 5 rings (SSSR count). The molecule has 3 heterocycles. The van der Waals surface area contributed by atoms with E-state index in [1.165, 1.54) is 29.4 Å². The van der Waals surface area contributed by atoms with Crippen LogP contribution in [0.15, 0.2) is 59.8 Å². The number of hydrogen-bond acceptors (Lipinski definition) is 9. The maximum absolute atomic E-state index is 13.2. The van der Waals surface area contributed by atoms with Crippen LogP contribution in [0.2, 0.25) is 0 Å². The fourth-order valence-corrected chi connectivity index (χ4v) is 5.19. The smallest absolute Gasteiger partial charge is 0.341 e. The summed E-state index contributed by atoms with van der Waals surface area (Å²) < 4.78 is 57.6. The monoisotopic (exact) mass is 543 g/mol. The topological polar surface area (TPSA) is 123 Å². The number of alkyl halides is 2. The Hall–Kier alpha value is -4.20. The number of ether oxygens (including phenoxy) is 1. The Bertz CT molecular complexity index is 1570. The van der Waals surface area contributed by atoms with Crippen LogP contribution in [0.1, 0.15) is 17.3 Å². The SMILES string of the molecule is CCOc1ccc(-n2nnc3c(N4CCN(C(=O)c5ccccc5S(=O)(=O)C(F)F)CC4)ncnc32)cc1. The van der Waals surface area contributed by atoms with Gasteiger partial charge in [-0.05, 0) is 43.3 Å². The molecule has 1 saturated heterocycles. The van der Waals surface area contributed by atoms with Crippen molar-refractivity contribution in [3.05, 3.63) is 60.4 Å². The molecule has 1 fully saturated rings. The molecule has 198 valence electrons. The van der Waals surface area contributed by atoms with Crippen molar-refractivity contribution in [1.82, 2.24) is 29.9 Å². The Morgan fingerprint density at radius 2 is 1.74 bits per heavy atom. The molecule has 1 aliphatic heterocycles. The Morgan fingerprint density at radius 3 is 2.42 bits per heavy atom. The molecule has 0 bridgehead atoms. The zero-order valence-electron chi connectivity index (χ0n) is 20.2. The first-order valence-corrected chi connectivity index (χ1v) is 13.3. The lowest BCUT2D eigenvalue weighted by Gasteiger charge is -2.35. The summed E-state index contributed by atoms with van der Waals surface area (Å²) >= 11 is 0. The van der Waals surface area contributed by atoms with Crippen molar-refractivity contribution in [1.29, 1.82) is 0 Å². The molecule has 14 heteroatoms. The minimum Gasteiger partial charge on any atom is -0.494 e.